The lowest BCUT2D eigenvalue weighted by atomic mass is 9.97. The smallest absolute Gasteiger partial charge is 0.339 e. The van der Waals surface area contributed by atoms with Crippen molar-refractivity contribution in [2.45, 2.75) is 32.1 Å². The average Bonchev–Trinajstić information content (AvgIpc) is 2.48. The normalized spacial score (nSPS) is 14.4. The summed E-state index contributed by atoms with van der Waals surface area (Å²) in [5, 5.41) is 22.7. The number of carbonyl (C=O) groups is 1. The lowest BCUT2D eigenvalue weighted by molar-refractivity contribution is -0.385. The van der Waals surface area contributed by atoms with E-state index >= 15 is 0 Å². The van der Waals surface area contributed by atoms with E-state index < -0.39 is 10.9 Å². The summed E-state index contributed by atoms with van der Waals surface area (Å²) in [6, 6.07) is 1.03. The molecule has 0 atom stereocenters. The number of aromatic nitrogens is 1. The van der Waals surface area contributed by atoms with Gasteiger partial charge in [-0.15, -0.1) is 0 Å². The van der Waals surface area contributed by atoms with Crippen molar-refractivity contribution in [1.82, 2.24) is 4.98 Å². The molecule has 7 heteroatoms. The number of carboxylic acid groups (broad SMARTS) is 1. The van der Waals surface area contributed by atoms with Gasteiger partial charge >= 0.3 is 5.97 Å². The fourth-order valence-corrected chi connectivity index (χ4v) is 2.33. The van der Waals surface area contributed by atoms with Crippen molar-refractivity contribution < 1.29 is 14.8 Å². The summed E-state index contributed by atoms with van der Waals surface area (Å²) in [7, 11) is 0. The minimum absolute atomic E-state index is 0.171. The molecule has 1 aliphatic rings. The molecule has 112 valence electrons. The van der Waals surface area contributed by atoms with Crippen LogP contribution in [0.5, 0.6) is 0 Å². The molecule has 7 nitrogen and oxygen atoms in total. The monoisotopic (exact) mass is 291 g/mol. The first-order valence-electron chi connectivity index (χ1n) is 6.87. The second kappa shape index (κ2) is 6.83. The van der Waals surface area contributed by atoms with E-state index in [2.05, 4.69) is 16.4 Å². The van der Waals surface area contributed by atoms with E-state index in [0.29, 0.717) is 6.54 Å². The first-order chi connectivity index (χ1) is 10.1. The minimum Gasteiger partial charge on any atom is -0.478 e. The van der Waals surface area contributed by atoms with E-state index in [9.17, 15) is 14.9 Å². The molecular weight excluding hydrogens is 274 g/mol. The number of nitrogens with one attached hydrogen (secondary N) is 1. The first-order valence-corrected chi connectivity index (χ1v) is 6.87. The topological polar surface area (TPSA) is 105 Å². The van der Waals surface area contributed by atoms with E-state index in [1.165, 1.54) is 18.4 Å². The third-order valence-corrected chi connectivity index (χ3v) is 3.44. The van der Waals surface area contributed by atoms with E-state index in [0.717, 1.165) is 31.5 Å². The van der Waals surface area contributed by atoms with Gasteiger partial charge in [-0.05, 0) is 32.1 Å². The molecule has 0 bridgehead atoms. The standard InChI is InChI=1S/C14H17N3O4/c18-14(19)12-8-11(17(20)21)9-16-13(12)15-7-6-10-4-2-1-3-5-10/h4,8-9H,1-3,5-7H2,(H,15,16)(H,18,19). The zero-order chi connectivity index (χ0) is 15.2. The number of pyridine rings is 1. The van der Waals surface area contributed by atoms with Crippen LogP contribution in [-0.2, 0) is 0 Å². The Morgan fingerprint density at radius 2 is 2.29 bits per heavy atom. The Morgan fingerprint density at radius 1 is 1.48 bits per heavy atom. The van der Waals surface area contributed by atoms with Crippen molar-refractivity contribution in [3.8, 4) is 0 Å². The second-order valence-electron chi connectivity index (χ2n) is 4.94. The molecule has 0 unspecified atom stereocenters. The lowest BCUT2D eigenvalue weighted by Gasteiger charge is -2.13. The highest BCUT2D eigenvalue weighted by molar-refractivity contribution is 5.93. The Kier molecular flexibility index (Phi) is 4.86. The molecule has 0 saturated carbocycles. The molecule has 0 spiro atoms. The van der Waals surface area contributed by atoms with Gasteiger partial charge in [-0.1, -0.05) is 11.6 Å². The molecule has 21 heavy (non-hydrogen) atoms. The van der Waals surface area contributed by atoms with Crippen LogP contribution in [0.4, 0.5) is 11.5 Å². The van der Waals surface area contributed by atoms with Crippen molar-refractivity contribution in [3.63, 3.8) is 0 Å². The summed E-state index contributed by atoms with van der Waals surface area (Å²) in [6.45, 7) is 0.566. The highest BCUT2D eigenvalue weighted by Crippen LogP contribution is 2.22. The summed E-state index contributed by atoms with van der Waals surface area (Å²) < 4.78 is 0. The van der Waals surface area contributed by atoms with Gasteiger partial charge < -0.3 is 10.4 Å². The van der Waals surface area contributed by atoms with Gasteiger partial charge in [0, 0.05) is 12.6 Å². The van der Waals surface area contributed by atoms with Gasteiger partial charge in [0.05, 0.1) is 4.92 Å². The van der Waals surface area contributed by atoms with Gasteiger partial charge in [0.15, 0.2) is 0 Å². The van der Waals surface area contributed by atoms with Crippen LogP contribution in [0.1, 0.15) is 42.5 Å². The van der Waals surface area contributed by atoms with Crippen LogP contribution in [0.3, 0.4) is 0 Å². The van der Waals surface area contributed by atoms with Gasteiger partial charge in [0.2, 0.25) is 0 Å². The Balaban J connectivity index is 2.03. The van der Waals surface area contributed by atoms with Gasteiger partial charge in [0.1, 0.15) is 17.6 Å². The Hall–Kier alpha value is -2.44. The van der Waals surface area contributed by atoms with Gasteiger partial charge in [-0.2, -0.15) is 0 Å². The van der Waals surface area contributed by atoms with E-state index in [4.69, 9.17) is 5.11 Å². The number of hydrogen-bond donors (Lipinski definition) is 2. The fourth-order valence-electron chi connectivity index (χ4n) is 2.33. The third-order valence-electron chi connectivity index (χ3n) is 3.44. The van der Waals surface area contributed by atoms with Crippen molar-refractivity contribution in [2.75, 3.05) is 11.9 Å². The molecule has 1 aromatic rings. The summed E-state index contributed by atoms with van der Waals surface area (Å²) in [5.74, 6) is -1.06. The maximum Gasteiger partial charge on any atom is 0.339 e. The summed E-state index contributed by atoms with van der Waals surface area (Å²) in [5.41, 5.74) is 0.863. The highest BCUT2D eigenvalue weighted by Gasteiger charge is 2.17. The lowest BCUT2D eigenvalue weighted by Crippen LogP contribution is -2.11. The fraction of sp³-hybridized carbons (Fsp3) is 0.429. The van der Waals surface area contributed by atoms with Crippen LogP contribution >= 0.6 is 0 Å². The predicted molar refractivity (Wildman–Crippen MR) is 77.5 cm³/mol. The third kappa shape index (κ3) is 4.01. The molecule has 0 aromatic carbocycles. The number of anilines is 1. The predicted octanol–water partition coefficient (Wildman–Crippen LogP) is 2.99. The van der Waals surface area contributed by atoms with Crippen LogP contribution in [-0.4, -0.2) is 27.5 Å². The van der Waals surface area contributed by atoms with Crippen LogP contribution in [0.2, 0.25) is 0 Å². The van der Waals surface area contributed by atoms with E-state index in [1.54, 1.807) is 0 Å². The minimum atomic E-state index is -1.23. The molecule has 0 radical (unpaired) electrons. The second-order valence-corrected chi connectivity index (χ2v) is 4.94. The van der Waals surface area contributed by atoms with Gasteiger partial charge in [-0.25, -0.2) is 9.78 Å². The summed E-state index contributed by atoms with van der Waals surface area (Å²) >= 11 is 0. The number of rotatable bonds is 6. The Morgan fingerprint density at radius 3 is 2.90 bits per heavy atom. The molecular formula is C14H17N3O4. The molecule has 2 N–H and O–H groups in total. The maximum absolute atomic E-state index is 11.1. The number of allylic oxidation sites excluding steroid dienone is 1. The quantitative estimate of drug-likeness (QED) is 0.474. The van der Waals surface area contributed by atoms with Crippen LogP contribution in [0.15, 0.2) is 23.9 Å². The summed E-state index contributed by atoms with van der Waals surface area (Å²) in [4.78, 5) is 25.0. The van der Waals surface area contributed by atoms with E-state index in [1.807, 2.05) is 0 Å². The van der Waals surface area contributed by atoms with Gasteiger partial charge in [0.25, 0.3) is 5.69 Å². The molecule has 2 rings (SSSR count). The van der Waals surface area contributed by atoms with Crippen LogP contribution in [0, 0.1) is 10.1 Å². The molecule has 1 aromatic heterocycles. The summed E-state index contributed by atoms with van der Waals surface area (Å²) in [6.07, 6.45) is 8.73. The molecule has 0 saturated heterocycles. The van der Waals surface area contributed by atoms with Crippen molar-refractivity contribution >= 4 is 17.5 Å². The number of nitrogens with zero attached hydrogens (tertiary/aromatic N) is 2. The number of hydrogen-bond acceptors (Lipinski definition) is 5. The number of carboxylic acids is 1. The largest absolute Gasteiger partial charge is 0.478 e. The molecule has 1 aliphatic carbocycles. The molecule has 0 amide bonds. The molecule has 1 heterocycles. The average molecular weight is 291 g/mol. The molecule has 0 fully saturated rings. The zero-order valence-corrected chi connectivity index (χ0v) is 11.5. The van der Waals surface area contributed by atoms with E-state index in [-0.39, 0.29) is 17.1 Å². The molecule has 0 aliphatic heterocycles. The van der Waals surface area contributed by atoms with Crippen LogP contribution < -0.4 is 5.32 Å². The SMILES string of the molecule is O=C(O)c1cc([N+](=O)[O-])cnc1NCCC1=CCCCC1. The highest BCUT2D eigenvalue weighted by atomic mass is 16.6. The Bertz CT molecular complexity index is 584. The van der Waals surface area contributed by atoms with Crippen LogP contribution in [0.25, 0.3) is 0 Å². The Labute approximate surface area is 121 Å². The first kappa shape index (κ1) is 15.0. The van der Waals surface area contributed by atoms with Crippen molar-refractivity contribution in [3.05, 3.63) is 39.6 Å². The maximum atomic E-state index is 11.1. The zero-order valence-electron chi connectivity index (χ0n) is 11.5. The van der Waals surface area contributed by atoms with Crippen molar-refractivity contribution in [2.24, 2.45) is 0 Å². The van der Waals surface area contributed by atoms with Gasteiger partial charge in [-0.3, -0.25) is 10.1 Å². The van der Waals surface area contributed by atoms with Crippen molar-refractivity contribution in [1.29, 1.82) is 0 Å². The number of aromatic carboxylic acids is 1. The number of nitro groups is 1.